The number of nitriles is 1. The maximum absolute atomic E-state index is 9.94. The zero-order valence-electron chi connectivity index (χ0n) is 17.2. The van der Waals surface area contributed by atoms with Gasteiger partial charge in [0.05, 0.1) is 26.5 Å². The highest BCUT2D eigenvalue weighted by Crippen LogP contribution is 2.42. The van der Waals surface area contributed by atoms with Crippen LogP contribution in [0.5, 0.6) is 11.5 Å². The average molecular weight is 397 g/mol. The van der Waals surface area contributed by atoms with E-state index in [4.69, 9.17) is 9.47 Å². The molecule has 1 saturated carbocycles. The van der Waals surface area contributed by atoms with E-state index in [1.54, 1.807) is 14.2 Å². The van der Waals surface area contributed by atoms with E-state index in [1.807, 2.05) is 32.0 Å². The van der Waals surface area contributed by atoms with Crippen molar-refractivity contribution in [3.8, 4) is 17.6 Å². The molecule has 3 N–H and O–H groups in total. The standard InChI is InChI=1S/C21H27N5O3/c1-21(2)16(10-17(21)27)25-19-14(11-22)12-24-20(26-19)23-9-8-13-6-5-7-15(28-3)18(13)29-4/h5-7,12,16-17,27H,8-10H2,1-4H3,(H2,23,24,25,26)/t16-,17+/m1/s1. The van der Waals surface area contributed by atoms with Crippen LogP contribution in [0.25, 0.3) is 0 Å². The summed E-state index contributed by atoms with van der Waals surface area (Å²) in [6.07, 6.45) is 2.46. The highest BCUT2D eigenvalue weighted by molar-refractivity contribution is 5.54. The Morgan fingerprint density at radius 1 is 1.31 bits per heavy atom. The lowest BCUT2D eigenvalue weighted by atomic mass is 9.64. The van der Waals surface area contributed by atoms with E-state index in [2.05, 4.69) is 26.7 Å². The van der Waals surface area contributed by atoms with Crippen LogP contribution in [0.15, 0.2) is 24.4 Å². The Morgan fingerprint density at radius 3 is 2.72 bits per heavy atom. The fourth-order valence-electron chi connectivity index (χ4n) is 3.43. The van der Waals surface area contributed by atoms with Crippen LogP contribution in [0, 0.1) is 16.7 Å². The van der Waals surface area contributed by atoms with Gasteiger partial charge in [-0.25, -0.2) is 4.98 Å². The summed E-state index contributed by atoms with van der Waals surface area (Å²) < 4.78 is 10.8. The molecule has 8 nitrogen and oxygen atoms in total. The van der Waals surface area contributed by atoms with Crippen LogP contribution < -0.4 is 20.1 Å². The average Bonchev–Trinajstić information content (AvgIpc) is 2.73. The number of aliphatic hydroxyl groups excluding tert-OH is 1. The summed E-state index contributed by atoms with van der Waals surface area (Å²) in [5.74, 6) is 2.32. The quantitative estimate of drug-likeness (QED) is 0.623. The van der Waals surface area contributed by atoms with Crippen molar-refractivity contribution < 1.29 is 14.6 Å². The lowest BCUT2D eigenvalue weighted by Gasteiger charge is -2.49. The van der Waals surface area contributed by atoms with Crippen molar-refractivity contribution in [1.82, 2.24) is 9.97 Å². The van der Waals surface area contributed by atoms with Gasteiger partial charge in [-0.05, 0) is 24.5 Å². The van der Waals surface area contributed by atoms with Crippen molar-refractivity contribution in [2.24, 2.45) is 5.41 Å². The molecule has 154 valence electrons. The summed E-state index contributed by atoms with van der Waals surface area (Å²) in [6.45, 7) is 4.57. The second kappa shape index (κ2) is 8.53. The topological polar surface area (TPSA) is 112 Å². The normalized spacial score (nSPS) is 19.6. The number of rotatable bonds is 8. The van der Waals surface area contributed by atoms with Crippen LogP contribution in [0.1, 0.15) is 31.4 Å². The van der Waals surface area contributed by atoms with E-state index in [0.717, 1.165) is 5.56 Å². The molecule has 0 saturated heterocycles. The molecule has 8 heteroatoms. The van der Waals surface area contributed by atoms with E-state index in [1.165, 1.54) is 6.20 Å². The molecule has 0 bridgehead atoms. The largest absolute Gasteiger partial charge is 0.493 e. The van der Waals surface area contributed by atoms with E-state index >= 15 is 0 Å². The Morgan fingerprint density at radius 2 is 2.10 bits per heavy atom. The van der Waals surface area contributed by atoms with Crippen LogP contribution in [0.3, 0.4) is 0 Å². The molecule has 0 aliphatic heterocycles. The van der Waals surface area contributed by atoms with Gasteiger partial charge in [0.15, 0.2) is 11.5 Å². The zero-order valence-corrected chi connectivity index (χ0v) is 17.2. The van der Waals surface area contributed by atoms with Crippen LogP contribution in [0.2, 0.25) is 0 Å². The number of hydrogen-bond acceptors (Lipinski definition) is 8. The Labute approximate surface area is 170 Å². The number of anilines is 2. The minimum absolute atomic E-state index is 0.0494. The van der Waals surface area contributed by atoms with Crippen molar-refractivity contribution in [2.75, 3.05) is 31.4 Å². The molecule has 2 aromatic rings. The van der Waals surface area contributed by atoms with Gasteiger partial charge in [-0.2, -0.15) is 10.2 Å². The van der Waals surface area contributed by atoms with Gasteiger partial charge < -0.3 is 25.2 Å². The third-order valence-electron chi connectivity index (χ3n) is 5.60. The molecular formula is C21H27N5O3. The van der Waals surface area contributed by atoms with Gasteiger partial charge in [-0.15, -0.1) is 0 Å². The van der Waals surface area contributed by atoms with Crippen molar-refractivity contribution in [2.45, 2.75) is 38.8 Å². The first kappa shape index (κ1) is 20.7. The van der Waals surface area contributed by atoms with E-state index in [-0.39, 0.29) is 17.6 Å². The first-order valence-electron chi connectivity index (χ1n) is 9.56. The molecule has 1 aromatic heterocycles. The first-order valence-corrected chi connectivity index (χ1v) is 9.56. The van der Waals surface area contributed by atoms with Crippen molar-refractivity contribution in [3.63, 3.8) is 0 Å². The number of para-hydroxylation sites is 1. The van der Waals surface area contributed by atoms with Gasteiger partial charge in [-0.3, -0.25) is 0 Å². The number of hydrogen-bond donors (Lipinski definition) is 3. The lowest BCUT2D eigenvalue weighted by Crippen LogP contribution is -2.57. The second-order valence-corrected chi connectivity index (χ2v) is 7.67. The molecule has 2 atom stereocenters. The highest BCUT2D eigenvalue weighted by Gasteiger charge is 2.47. The minimum Gasteiger partial charge on any atom is -0.493 e. The predicted octanol–water partition coefficient (Wildman–Crippen LogP) is 2.59. The summed E-state index contributed by atoms with van der Waals surface area (Å²) in [7, 11) is 3.23. The maximum Gasteiger partial charge on any atom is 0.224 e. The minimum atomic E-state index is -0.359. The maximum atomic E-state index is 9.94. The zero-order chi connectivity index (χ0) is 21.0. The van der Waals surface area contributed by atoms with E-state index in [0.29, 0.717) is 48.2 Å². The summed E-state index contributed by atoms with van der Waals surface area (Å²) in [5.41, 5.74) is 1.12. The Kier molecular flexibility index (Phi) is 6.09. The Hall–Kier alpha value is -3.05. The van der Waals surface area contributed by atoms with Gasteiger partial charge in [0.2, 0.25) is 5.95 Å². The third kappa shape index (κ3) is 4.20. The summed E-state index contributed by atoms with van der Waals surface area (Å²) in [5, 5.41) is 25.8. The van der Waals surface area contributed by atoms with Crippen molar-refractivity contribution >= 4 is 11.8 Å². The van der Waals surface area contributed by atoms with Crippen LogP contribution in [-0.2, 0) is 6.42 Å². The van der Waals surface area contributed by atoms with Gasteiger partial charge >= 0.3 is 0 Å². The summed E-state index contributed by atoms with van der Waals surface area (Å²) in [4.78, 5) is 8.70. The number of nitrogens with one attached hydrogen (secondary N) is 2. The smallest absolute Gasteiger partial charge is 0.224 e. The van der Waals surface area contributed by atoms with Crippen molar-refractivity contribution in [3.05, 3.63) is 35.5 Å². The number of aromatic nitrogens is 2. The van der Waals surface area contributed by atoms with Crippen LogP contribution in [-0.4, -0.2) is 48.0 Å². The van der Waals surface area contributed by atoms with Crippen LogP contribution >= 0.6 is 0 Å². The monoisotopic (exact) mass is 397 g/mol. The van der Waals surface area contributed by atoms with Crippen LogP contribution in [0.4, 0.5) is 11.8 Å². The fourth-order valence-corrected chi connectivity index (χ4v) is 3.43. The number of nitrogens with zero attached hydrogens (tertiary/aromatic N) is 3. The van der Waals surface area contributed by atoms with Crippen molar-refractivity contribution in [1.29, 1.82) is 5.26 Å². The Bertz CT molecular complexity index is 910. The SMILES string of the molecule is COc1cccc(CCNc2ncc(C#N)c(N[C@@H]3C[C@H](O)C3(C)C)n2)c1OC. The molecule has 1 aliphatic carbocycles. The number of benzene rings is 1. The first-order chi connectivity index (χ1) is 13.9. The van der Waals surface area contributed by atoms with Gasteiger partial charge in [-0.1, -0.05) is 26.0 Å². The molecule has 1 fully saturated rings. The molecule has 0 spiro atoms. The van der Waals surface area contributed by atoms with E-state index < -0.39 is 0 Å². The number of methoxy groups -OCH3 is 2. The predicted molar refractivity (Wildman–Crippen MR) is 110 cm³/mol. The van der Waals surface area contributed by atoms with Gasteiger partial charge in [0, 0.05) is 18.0 Å². The fraction of sp³-hybridized carbons (Fsp3) is 0.476. The molecule has 1 heterocycles. The number of aliphatic hydroxyl groups is 1. The molecule has 0 radical (unpaired) electrons. The lowest BCUT2D eigenvalue weighted by molar-refractivity contribution is -0.0511. The molecule has 1 aromatic carbocycles. The highest BCUT2D eigenvalue weighted by atomic mass is 16.5. The third-order valence-corrected chi connectivity index (χ3v) is 5.60. The summed E-state index contributed by atoms with van der Waals surface area (Å²) in [6, 6.07) is 7.93. The molecule has 29 heavy (non-hydrogen) atoms. The van der Waals surface area contributed by atoms with Gasteiger partial charge in [0.25, 0.3) is 0 Å². The van der Waals surface area contributed by atoms with E-state index in [9.17, 15) is 10.4 Å². The number of ether oxygens (including phenoxy) is 2. The van der Waals surface area contributed by atoms with Gasteiger partial charge in [0.1, 0.15) is 17.5 Å². The second-order valence-electron chi connectivity index (χ2n) is 7.67. The summed E-state index contributed by atoms with van der Waals surface area (Å²) >= 11 is 0. The molecule has 1 aliphatic rings. The molecule has 0 amide bonds. The Balaban J connectivity index is 1.67. The molecule has 3 rings (SSSR count). The molecule has 0 unspecified atom stereocenters. The molecular weight excluding hydrogens is 370 g/mol.